The molecule has 44 heavy (non-hydrogen) atoms. The van der Waals surface area contributed by atoms with E-state index in [1.807, 2.05) is 0 Å². The van der Waals surface area contributed by atoms with Gasteiger partial charge in [-0.25, -0.2) is 0 Å². The highest BCUT2D eigenvalue weighted by atomic mass is 16.5. The molecule has 0 spiro atoms. The maximum atomic E-state index is 9.49. The van der Waals surface area contributed by atoms with E-state index in [4.69, 9.17) is 14.9 Å². The topological polar surface area (TPSA) is 104 Å². The van der Waals surface area contributed by atoms with Gasteiger partial charge in [0, 0.05) is 30.8 Å². The molecule has 0 aromatic rings. The van der Waals surface area contributed by atoms with Crippen molar-refractivity contribution in [1.29, 1.82) is 0 Å². The minimum Gasteiger partial charge on any atom is -0.396 e. The molecule has 0 amide bonds. The summed E-state index contributed by atoms with van der Waals surface area (Å²) >= 11 is 0. The molecule has 3 N–H and O–H groups in total. The molecule has 0 aliphatic heterocycles. The lowest BCUT2D eigenvalue weighted by molar-refractivity contribution is -0.106. The Labute approximate surface area is 269 Å². The summed E-state index contributed by atoms with van der Waals surface area (Å²) in [6.07, 6.45) is 30.6. The monoisotopic (exact) mass is 618 g/mol. The summed E-state index contributed by atoms with van der Waals surface area (Å²) in [5, 5.41) is 25.5. The van der Waals surface area contributed by atoms with Crippen molar-refractivity contribution < 1.29 is 29.6 Å². The van der Waals surface area contributed by atoms with Crippen LogP contribution in [-0.2, 0) is 14.3 Å². The standard InChI is InChI=1S/C30H54O2.2C4H6O2/c1-3-4-5-24-6-8-25(9-7-24)10-11-26-14-18-29(19-15-26)30-20-16-27(17-21-30)12-13-28(22-31)23-32-2;2*1-4(2-5)3-6/h10-11,24-31H,3-9,12-23H2,1-2H3;2*2,6H,1,3H2/b11-10+;;. The molecular weight excluding hydrogens is 552 g/mol. The van der Waals surface area contributed by atoms with Crippen LogP contribution in [0.3, 0.4) is 0 Å². The minimum absolute atomic E-state index is 0.218. The van der Waals surface area contributed by atoms with E-state index >= 15 is 0 Å². The van der Waals surface area contributed by atoms with E-state index in [9.17, 15) is 14.7 Å². The molecule has 0 aromatic heterocycles. The highest BCUT2D eigenvalue weighted by Crippen LogP contribution is 2.43. The van der Waals surface area contributed by atoms with Gasteiger partial charge in [0.1, 0.15) is 12.6 Å². The average molecular weight is 619 g/mol. The van der Waals surface area contributed by atoms with Gasteiger partial charge in [-0.05, 0) is 106 Å². The second-order valence-electron chi connectivity index (χ2n) is 13.7. The van der Waals surface area contributed by atoms with Gasteiger partial charge in [0.25, 0.3) is 0 Å². The second-order valence-corrected chi connectivity index (χ2v) is 13.7. The number of carbonyl (C=O) groups excluding carboxylic acids is 2. The number of allylic oxidation sites excluding steroid dienone is 2. The molecule has 0 bridgehead atoms. The smallest absolute Gasteiger partial charge is 0.147 e. The number of hydrogen-bond donors (Lipinski definition) is 3. The Morgan fingerprint density at radius 3 is 1.55 bits per heavy atom. The van der Waals surface area contributed by atoms with Crippen molar-refractivity contribution in [2.45, 2.75) is 116 Å². The van der Waals surface area contributed by atoms with Crippen LogP contribution in [0.15, 0.2) is 36.5 Å². The van der Waals surface area contributed by atoms with Crippen molar-refractivity contribution in [2.24, 2.45) is 41.4 Å². The number of aldehydes is 2. The predicted octanol–water partition coefficient (Wildman–Crippen LogP) is 7.65. The normalized spacial score (nSPS) is 27.7. The molecule has 6 nitrogen and oxygen atoms in total. The van der Waals surface area contributed by atoms with E-state index in [2.05, 4.69) is 32.2 Å². The molecule has 3 fully saturated rings. The summed E-state index contributed by atoms with van der Waals surface area (Å²) in [4.78, 5) is 19.0. The summed E-state index contributed by atoms with van der Waals surface area (Å²) in [6, 6.07) is 0. The predicted molar refractivity (Wildman–Crippen MR) is 181 cm³/mol. The van der Waals surface area contributed by atoms with Crippen LogP contribution in [0.4, 0.5) is 0 Å². The van der Waals surface area contributed by atoms with Crippen molar-refractivity contribution in [1.82, 2.24) is 0 Å². The first kappa shape index (κ1) is 40.4. The lowest BCUT2D eigenvalue weighted by atomic mass is 9.68. The van der Waals surface area contributed by atoms with Gasteiger partial charge < -0.3 is 20.1 Å². The summed E-state index contributed by atoms with van der Waals surface area (Å²) in [5.41, 5.74) is 0.435. The molecule has 1 unspecified atom stereocenters. The summed E-state index contributed by atoms with van der Waals surface area (Å²) in [6.45, 7) is 9.20. The van der Waals surface area contributed by atoms with Gasteiger partial charge in [0.15, 0.2) is 0 Å². The molecule has 0 heterocycles. The largest absolute Gasteiger partial charge is 0.396 e. The Hall–Kier alpha value is -1.60. The second kappa shape index (κ2) is 25.6. The maximum Gasteiger partial charge on any atom is 0.147 e. The first-order valence-electron chi connectivity index (χ1n) is 17.6. The van der Waals surface area contributed by atoms with Crippen LogP contribution in [0.25, 0.3) is 0 Å². The van der Waals surface area contributed by atoms with Gasteiger partial charge in [-0.15, -0.1) is 0 Å². The third-order valence-corrected chi connectivity index (χ3v) is 10.3. The van der Waals surface area contributed by atoms with E-state index in [1.165, 1.54) is 103 Å². The number of unbranched alkanes of at least 4 members (excludes halogenated alkanes) is 1. The molecule has 3 aliphatic rings. The number of methoxy groups -OCH3 is 1. The van der Waals surface area contributed by atoms with E-state index in [0.29, 0.717) is 25.1 Å². The Morgan fingerprint density at radius 2 is 1.16 bits per heavy atom. The maximum absolute atomic E-state index is 9.49. The van der Waals surface area contributed by atoms with Crippen LogP contribution in [0.5, 0.6) is 0 Å². The molecule has 0 saturated heterocycles. The first-order valence-corrected chi connectivity index (χ1v) is 17.6. The SMILES string of the molecule is C=C(C=O)CO.C=C(C=O)CO.CCCCC1CCC(/C=C/C2CCC(C3CCC(CCC(CO)COC)CC3)CC2)CC1. The number of rotatable bonds is 16. The molecule has 6 heteroatoms. The zero-order valence-electron chi connectivity index (χ0n) is 28.2. The number of hydrogen-bond acceptors (Lipinski definition) is 6. The Bertz CT molecular complexity index is 763. The van der Waals surface area contributed by atoms with Gasteiger partial charge in [-0.3, -0.25) is 9.59 Å². The van der Waals surface area contributed by atoms with E-state index in [-0.39, 0.29) is 31.0 Å². The minimum atomic E-state index is -0.233. The first-order chi connectivity index (χ1) is 21.3. The van der Waals surface area contributed by atoms with Crippen molar-refractivity contribution in [3.63, 3.8) is 0 Å². The van der Waals surface area contributed by atoms with Gasteiger partial charge in [-0.1, -0.05) is 70.8 Å². The van der Waals surface area contributed by atoms with Crippen molar-refractivity contribution in [3.8, 4) is 0 Å². The Balaban J connectivity index is 0.000000681. The summed E-state index contributed by atoms with van der Waals surface area (Å²) < 4.78 is 5.24. The molecule has 3 rings (SSSR count). The number of aliphatic hydroxyl groups excluding tert-OH is 3. The fraction of sp³-hybridized carbons (Fsp3) is 0.789. The molecule has 1 atom stereocenters. The van der Waals surface area contributed by atoms with Gasteiger partial charge >= 0.3 is 0 Å². The van der Waals surface area contributed by atoms with Gasteiger partial charge in [0.05, 0.1) is 19.8 Å². The van der Waals surface area contributed by atoms with Crippen LogP contribution < -0.4 is 0 Å². The quantitative estimate of drug-likeness (QED) is 0.0932. The molecular formula is C38H66O6. The van der Waals surface area contributed by atoms with Crippen LogP contribution in [-0.4, -0.2) is 61.4 Å². The summed E-state index contributed by atoms with van der Waals surface area (Å²) in [7, 11) is 1.75. The van der Waals surface area contributed by atoms with Gasteiger partial charge in [-0.2, -0.15) is 0 Å². The third-order valence-electron chi connectivity index (χ3n) is 10.3. The van der Waals surface area contributed by atoms with Crippen LogP contribution in [0.1, 0.15) is 116 Å². The van der Waals surface area contributed by atoms with E-state index in [1.54, 1.807) is 7.11 Å². The fourth-order valence-electron chi connectivity index (χ4n) is 7.24. The van der Waals surface area contributed by atoms with E-state index in [0.717, 1.165) is 41.9 Å². The molecule has 3 aliphatic carbocycles. The number of aliphatic hydroxyl groups is 3. The van der Waals surface area contributed by atoms with Crippen LogP contribution in [0, 0.1) is 41.4 Å². The lowest BCUT2D eigenvalue weighted by Crippen LogP contribution is -2.26. The average Bonchev–Trinajstić information content (AvgIpc) is 3.09. The van der Waals surface area contributed by atoms with Crippen molar-refractivity contribution in [3.05, 3.63) is 36.5 Å². The lowest BCUT2D eigenvalue weighted by Gasteiger charge is -2.37. The Kier molecular flexibility index (Phi) is 23.5. The van der Waals surface area contributed by atoms with Crippen LogP contribution >= 0.6 is 0 Å². The zero-order valence-corrected chi connectivity index (χ0v) is 28.2. The summed E-state index contributed by atoms with van der Waals surface area (Å²) in [5.74, 6) is 6.04. The van der Waals surface area contributed by atoms with Crippen molar-refractivity contribution in [2.75, 3.05) is 33.5 Å². The molecule has 0 radical (unpaired) electrons. The highest BCUT2D eigenvalue weighted by molar-refractivity contribution is 5.72. The molecule has 254 valence electrons. The molecule has 0 aromatic carbocycles. The number of carbonyl (C=O) groups is 2. The molecule has 3 saturated carbocycles. The third kappa shape index (κ3) is 17.8. The highest BCUT2D eigenvalue weighted by Gasteiger charge is 2.30. The fourth-order valence-corrected chi connectivity index (χ4v) is 7.24. The van der Waals surface area contributed by atoms with Gasteiger partial charge in [0.2, 0.25) is 0 Å². The number of ether oxygens (including phenoxy) is 1. The Morgan fingerprint density at radius 1 is 0.727 bits per heavy atom. The van der Waals surface area contributed by atoms with E-state index < -0.39 is 0 Å². The van der Waals surface area contributed by atoms with Crippen molar-refractivity contribution >= 4 is 12.6 Å². The zero-order chi connectivity index (χ0) is 32.6. The van der Waals surface area contributed by atoms with Crippen LogP contribution in [0.2, 0.25) is 0 Å².